The van der Waals surface area contributed by atoms with E-state index in [1.54, 1.807) is 18.7 Å². The van der Waals surface area contributed by atoms with Gasteiger partial charge >= 0.3 is 0 Å². The summed E-state index contributed by atoms with van der Waals surface area (Å²) in [6.45, 7) is 3.83. The van der Waals surface area contributed by atoms with Crippen LogP contribution in [0.25, 0.3) is 55.6 Å². The van der Waals surface area contributed by atoms with Crippen LogP contribution in [-0.4, -0.2) is 31.7 Å². The lowest BCUT2D eigenvalue weighted by Gasteiger charge is -2.06. The summed E-state index contributed by atoms with van der Waals surface area (Å²) in [6, 6.07) is 14.5. The van der Waals surface area contributed by atoms with E-state index in [0.717, 1.165) is 74.2 Å². The van der Waals surface area contributed by atoms with Crippen LogP contribution >= 0.6 is 0 Å². The maximum atomic E-state index is 5.26. The van der Waals surface area contributed by atoms with E-state index in [2.05, 4.69) is 67.7 Å². The van der Waals surface area contributed by atoms with E-state index in [0.29, 0.717) is 0 Å². The van der Waals surface area contributed by atoms with Gasteiger partial charge in [0, 0.05) is 52.6 Å². The molecule has 7 nitrogen and oxygen atoms in total. The standard InChI is InChI=1S/C26H22N6O/c1-2-27-12-16-9-19(14-28-13-16)17-3-4-23-20(10-17)26(32-31-23)24-11-21-22(30-24)5-7-29-25(21)18-6-8-33-15-18/h3-11,13-15,27,30H,2,12H2,1H3,(H,31,32). The van der Waals surface area contributed by atoms with Crippen LogP contribution in [0.4, 0.5) is 0 Å². The number of furan rings is 1. The third-order valence-corrected chi connectivity index (χ3v) is 5.87. The zero-order valence-corrected chi connectivity index (χ0v) is 18.1. The lowest BCUT2D eigenvalue weighted by atomic mass is 10.0. The highest BCUT2D eigenvalue weighted by Gasteiger charge is 2.15. The summed E-state index contributed by atoms with van der Waals surface area (Å²) in [5, 5.41) is 13.2. The Kier molecular flexibility index (Phi) is 4.74. The molecule has 0 bridgehead atoms. The second-order valence-corrected chi connectivity index (χ2v) is 8.01. The fourth-order valence-corrected chi connectivity index (χ4v) is 4.22. The molecule has 6 rings (SSSR count). The molecule has 162 valence electrons. The van der Waals surface area contributed by atoms with Gasteiger partial charge in [-0.3, -0.25) is 15.1 Å². The van der Waals surface area contributed by atoms with Crippen molar-refractivity contribution in [2.75, 3.05) is 6.54 Å². The SMILES string of the molecule is CCNCc1cncc(-c2ccc3[nH]nc(-c4cc5c(-c6ccoc6)nccc5[nH]4)c3c2)c1. The quantitative estimate of drug-likeness (QED) is 0.320. The molecule has 0 saturated heterocycles. The predicted molar refractivity (Wildman–Crippen MR) is 129 cm³/mol. The van der Waals surface area contributed by atoms with Crippen LogP contribution in [0.3, 0.4) is 0 Å². The number of aromatic nitrogens is 5. The molecule has 0 spiro atoms. The van der Waals surface area contributed by atoms with Crippen LogP contribution in [0.5, 0.6) is 0 Å². The van der Waals surface area contributed by atoms with E-state index in [1.807, 2.05) is 24.5 Å². The molecular weight excluding hydrogens is 412 g/mol. The molecule has 0 fully saturated rings. The third kappa shape index (κ3) is 3.48. The van der Waals surface area contributed by atoms with Gasteiger partial charge in [0.15, 0.2) is 0 Å². The minimum atomic E-state index is 0.804. The number of hydrogen-bond acceptors (Lipinski definition) is 5. The molecule has 0 atom stereocenters. The molecule has 0 aliphatic heterocycles. The van der Waals surface area contributed by atoms with Gasteiger partial charge in [-0.05, 0) is 54.1 Å². The number of fused-ring (bicyclic) bond motifs is 2. The van der Waals surface area contributed by atoms with E-state index < -0.39 is 0 Å². The number of rotatable bonds is 6. The molecule has 0 aliphatic carbocycles. The van der Waals surface area contributed by atoms with Crippen molar-refractivity contribution in [3.63, 3.8) is 0 Å². The highest BCUT2D eigenvalue weighted by Crippen LogP contribution is 2.34. The van der Waals surface area contributed by atoms with Crippen molar-refractivity contribution in [3.05, 3.63) is 79.1 Å². The van der Waals surface area contributed by atoms with E-state index in [9.17, 15) is 0 Å². The maximum absolute atomic E-state index is 5.26. The Morgan fingerprint density at radius 1 is 0.909 bits per heavy atom. The number of nitrogens with one attached hydrogen (secondary N) is 3. The van der Waals surface area contributed by atoms with Gasteiger partial charge in [-0.1, -0.05) is 13.0 Å². The topological polar surface area (TPSA) is 95.4 Å². The monoisotopic (exact) mass is 434 g/mol. The molecule has 0 saturated carbocycles. The summed E-state index contributed by atoms with van der Waals surface area (Å²) in [4.78, 5) is 12.5. The second-order valence-electron chi connectivity index (χ2n) is 8.01. The van der Waals surface area contributed by atoms with Crippen LogP contribution in [0.15, 0.2) is 78.0 Å². The Balaban J connectivity index is 1.44. The summed E-state index contributed by atoms with van der Waals surface area (Å²) in [5.41, 5.74) is 8.98. The van der Waals surface area contributed by atoms with Crippen LogP contribution in [0, 0.1) is 0 Å². The number of pyridine rings is 2. The van der Waals surface area contributed by atoms with Gasteiger partial charge in [-0.2, -0.15) is 5.10 Å². The van der Waals surface area contributed by atoms with Gasteiger partial charge in [0.2, 0.25) is 0 Å². The van der Waals surface area contributed by atoms with Gasteiger partial charge in [0.25, 0.3) is 0 Å². The summed E-state index contributed by atoms with van der Waals surface area (Å²) in [7, 11) is 0. The largest absolute Gasteiger partial charge is 0.472 e. The third-order valence-electron chi connectivity index (χ3n) is 5.87. The highest BCUT2D eigenvalue weighted by atomic mass is 16.3. The average Bonchev–Trinajstić information content (AvgIpc) is 3.61. The maximum Gasteiger partial charge on any atom is 0.116 e. The summed E-state index contributed by atoms with van der Waals surface area (Å²) >= 11 is 0. The summed E-state index contributed by atoms with van der Waals surface area (Å²) < 4.78 is 5.26. The molecule has 6 aromatic rings. The first-order valence-electron chi connectivity index (χ1n) is 10.9. The van der Waals surface area contributed by atoms with Gasteiger partial charge in [0.1, 0.15) is 5.69 Å². The molecule has 1 aromatic carbocycles. The Hall–Kier alpha value is -4.23. The summed E-state index contributed by atoms with van der Waals surface area (Å²) in [6.07, 6.45) is 8.99. The van der Waals surface area contributed by atoms with Crippen molar-refractivity contribution in [3.8, 4) is 33.8 Å². The van der Waals surface area contributed by atoms with E-state index in [-0.39, 0.29) is 0 Å². The van der Waals surface area contributed by atoms with Crippen molar-refractivity contribution >= 4 is 21.8 Å². The Morgan fingerprint density at radius 2 is 1.85 bits per heavy atom. The fraction of sp³-hybridized carbons (Fsp3) is 0.115. The average molecular weight is 435 g/mol. The minimum absolute atomic E-state index is 0.804. The highest BCUT2D eigenvalue weighted by molar-refractivity contribution is 6.00. The molecule has 0 amide bonds. The van der Waals surface area contributed by atoms with Crippen molar-refractivity contribution in [2.45, 2.75) is 13.5 Å². The molecule has 33 heavy (non-hydrogen) atoms. The van der Waals surface area contributed by atoms with Gasteiger partial charge in [-0.15, -0.1) is 0 Å². The predicted octanol–water partition coefficient (Wildman–Crippen LogP) is 5.54. The Morgan fingerprint density at radius 3 is 2.73 bits per heavy atom. The smallest absolute Gasteiger partial charge is 0.116 e. The molecule has 0 aliphatic rings. The molecule has 7 heteroatoms. The van der Waals surface area contributed by atoms with Crippen molar-refractivity contribution < 1.29 is 4.42 Å². The van der Waals surface area contributed by atoms with Crippen LogP contribution in [0.1, 0.15) is 12.5 Å². The Bertz CT molecular complexity index is 1560. The van der Waals surface area contributed by atoms with Gasteiger partial charge in [-0.25, -0.2) is 0 Å². The number of hydrogen-bond donors (Lipinski definition) is 3. The normalized spacial score (nSPS) is 11.5. The van der Waals surface area contributed by atoms with Crippen molar-refractivity contribution in [2.24, 2.45) is 0 Å². The van der Waals surface area contributed by atoms with E-state index >= 15 is 0 Å². The van der Waals surface area contributed by atoms with Gasteiger partial charge in [0.05, 0.1) is 29.4 Å². The second kappa shape index (κ2) is 8.03. The zero-order chi connectivity index (χ0) is 22.2. The number of aromatic amines is 2. The molecule has 0 unspecified atom stereocenters. The lowest BCUT2D eigenvalue weighted by molar-refractivity contribution is 0.568. The van der Waals surface area contributed by atoms with Crippen LogP contribution in [0.2, 0.25) is 0 Å². The van der Waals surface area contributed by atoms with Crippen LogP contribution in [-0.2, 0) is 6.54 Å². The number of H-pyrrole nitrogens is 2. The zero-order valence-electron chi connectivity index (χ0n) is 18.1. The Labute approximate surface area is 189 Å². The van der Waals surface area contributed by atoms with E-state index in [1.165, 1.54) is 0 Å². The fourth-order valence-electron chi connectivity index (χ4n) is 4.22. The number of nitrogens with zero attached hydrogens (tertiary/aromatic N) is 3. The minimum Gasteiger partial charge on any atom is -0.472 e. The van der Waals surface area contributed by atoms with Crippen molar-refractivity contribution in [1.29, 1.82) is 0 Å². The molecule has 5 heterocycles. The first kappa shape index (κ1) is 19.5. The first-order valence-corrected chi connectivity index (χ1v) is 10.9. The van der Waals surface area contributed by atoms with Gasteiger partial charge < -0.3 is 14.7 Å². The summed E-state index contributed by atoms with van der Waals surface area (Å²) in [5.74, 6) is 0. The van der Waals surface area contributed by atoms with Crippen LogP contribution < -0.4 is 5.32 Å². The van der Waals surface area contributed by atoms with Crippen molar-refractivity contribution in [1.82, 2.24) is 30.5 Å². The molecular formula is C26H22N6O. The van der Waals surface area contributed by atoms with E-state index in [4.69, 9.17) is 4.42 Å². The number of benzene rings is 1. The first-order chi connectivity index (χ1) is 16.3. The molecule has 0 radical (unpaired) electrons. The lowest BCUT2D eigenvalue weighted by Crippen LogP contribution is -2.11. The molecule has 3 N–H and O–H groups in total. The molecule has 5 aromatic heterocycles.